The zero-order valence-corrected chi connectivity index (χ0v) is 23.5. The summed E-state index contributed by atoms with van der Waals surface area (Å²) < 4.78 is 6.29. The second-order valence-corrected chi connectivity index (χ2v) is 10.3. The van der Waals surface area contributed by atoms with E-state index in [0.717, 1.165) is 29.5 Å². The summed E-state index contributed by atoms with van der Waals surface area (Å²) in [7, 11) is 0. The van der Waals surface area contributed by atoms with Gasteiger partial charge in [0.15, 0.2) is 6.23 Å². The van der Waals surface area contributed by atoms with Crippen LogP contribution in [0.2, 0.25) is 0 Å². The van der Waals surface area contributed by atoms with Crippen LogP contribution in [-0.2, 0) is 11.3 Å². The number of urea groups is 2. The monoisotopic (exact) mass is 522 g/mol. The van der Waals surface area contributed by atoms with Crippen molar-refractivity contribution in [2.24, 2.45) is 5.41 Å². The van der Waals surface area contributed by atoms with Crippen molar-refractivity contribution in [3.05, 3.63) is 65.2 Å². The molecule has 0 bridgehead atoms. The summed E-state index contributed by atoms with van der Waals surface area (Å²) in [5, 5.41) is 8.69. The van der Waals surface area contributed by atoms with Crippen molar-refractivity contribution in [3.63, 3.8) is 0 Å². The summed E-state index contributed by atoms with van der Waals surface area (Å²) in [6.07, 6.45) is 2.09. The molecule has 2 aromatic carbocycles. The summed E-state index contributed by atoms with van der Waals surface area (Å²) >= 11 is 0. The first-order valence-corrected chi connectivity index (χ1v) is 13.7. The Kier molecular flexibility index (Phi) is 9.78. The fourth-order valence-electron chi connectivity index (χ4n) is 4.84. The molecule has 38 heavy (non-hydrogen) atoms. The fraction of sp³-hybridized carbons (Fsp3) is 0.500. The first-order chi connectivity index (χ1) is 18.1. The van der Waals surface area contributed by atoms with Crippen LogP contribution < -0.4 is 20.7 Å². The molecule has 5 amide bonds. The molecule has 0 radical (unpaired) electrons. The Morgan fingerprint density at radius 3 is 2.16 bits per heavy atom. The van der Waals surface area contributed by atoms with Gasteiger partial charge in [0.2, 0.25) is 5.91 Å². The molecule has 3 N–H and O–H groups in total. The number of hydrogen-bond acceptors (Lipinski definition) is 4. The Morgan fingerprint density at radius 2 is 1.61 bits per heavy atom. The summed E-state index contributed by atoms with van der Waals surface area (Å²) in [6.45, 7) is 12.2. The zero-order chi connectivity index (χ0) is 27.9. The Balaban J connectivity index is 1.73. The fourth-order valence-corrected chi connectivity index (χ4v) is 4.84. The normalized spacial score (nSPS) is 17.0. The van der Waals surface area contributed by atoms with E-state index in [2.05, 4.69) is 22.9 Å². The van der Waals surface area contributed by atoms with Gasteiger partial charge < -0.3 is 20.7 Å². The maximum absolute atomic E-state index is 13.4. The van der Waals surface area contributed by atoms with E-state index in [-0.39, 0.29) is 24.0 Å². The standard InChI is InChI=1S/C30H42N4O4/c1-7-10-25(23-15-11-21(6)12-16-23)33-29(37)34-26(35)30(8-2,9-3)27(34)38-24-17-13-22(14-18-24)19-31-28(36)32-20(4)5/h11-18,20,25,27H,7-10,19H2,1-6H3,(H,33,37)(H2,31,32,36)/t25?,27-/m0/s1. The van der Waals surface area contributed by atoms with E-state index in [1.54, 1.807) is 12.1 Å². The van der Waals surface area contributed by atoms with E-state index >= 15 is 0 Å². The SMILES string of the molecule is CCCC(NC(=O)N1C(=O)C(CC)(CC)[C@@H]1Oc1ccc(CNC(=O)NC(C)C)cc1)c1ccc(C)cc1. The number of hydrogen-bond donors (Lipinski definition) is 3. The molecule has 0 aliphatic carbocycles. The number of imide groups is 1. The van der Waals surface area contributed by atoms with Crippen LogP contribution in [0, 0.1) is 12.3 Å². The molecular formula is C30H42N4O4. The Bertz CT molecular complexity index is 1090. The van der Waals surface area contributed by atoms with E-state index < -0.39 is 17.7 Å². The number of aryl methyl sites for hydroxylation is 1. The largest absolute Gasteiger partial charge is 0.469 e. The van der Waals surface area contributed by atoms with E-state index in [4.69, 9.17) is 4.74 Å². The first kappa shape index (κ1) is 29.0. The number of likely N-dealkylation sites (tertiary alicyclic amines) is 1. The molecule has 3 rings (SSSR count). The average molecular weight is 523 g/mol. The number of rotatable bonds is 11. The Morgan fingerprint density at radius 1 is 0.974 bits per heavy atom. The van der Waals surface area contributed by atoms with Crippen molar-refractivity contribution in [1.82, 2.24) is 20.9 Å². The lowest BCUT2D eigenvalue weighted by molar-refractivity contribution is -0.191. The lowest BCUT2D eigenvalue weighted by Gasteiger charge is -2.53. The maximum atomic E-state index is 13.4. The van der Waals surface area contributed by atoms with Gasteiger partial charge in [0.05, 0.1) is 6.04 Å². The van der Waals surface area contributed by atoms with Crippen LogP contribution in [0.25, 0.3) is 0 Å². The van der Waals surface area contributed by atoms with Gasteiger partial charge in [-0.05, 0) is 63.3 Å². The molecule has 8 nitrogen and oxygen atoms in total. The van der Waals surface area contributed by atoms with Crippen LogP contribution in [-0.4, -0.2) is 35.1 Å². The number of nitrogens with zero attached hydrogens (tertiary/aromatic N) is 1. The van der Waals surface area contributed by atoms with Crippen molar-refractivity contribution < 1.29 is 19.1 Å². The average Bonchev–Trinajstić information content (AvgIpc) is 2.89. The van der Waals surface area contributed by atoms with E-state index in [1.165, 1.54) is 4.90 Å². The van der Waals surface area contributed by atoms with Crippen molar-refractivity contribution in [2.75, 3.05) is 0 Å². The molecule has 1 aliphatic rings. The molecule has 1 aliphatic heterocycles. The number of carbonyl (C=O) groups is 3. The summed E-state index contributed by atoms with van der Waals surface area (Å²) in [6, 6.07) is 14.6. The van der Waals surface area contributed by atoms with Gasteiger partial charge in [-0.15, -0.1) is 0 Å². The number of benzene rings is 2. The molecule has 8 heteroatoms. The maximum Gasteiger partial charge on any atom is 0.327 e. The van der Waals surface area contributed by atoms with Crippen molar-refractivity contribution in [2.45, 2.75) is 92.1 Å². The quantitative estimate of drug-likeness (QED) is 0.324. The number of carbonyl (C=O) groups excluding carboxylic acids is 3. The molecule has 0 aromatic heterocycles. The van der Waals surface area contributed by atoms with Gasteiger partial charge in [0.1, 0.15) is 11.2 Å². The van der Waals surface area contributed by atoms with Crippen molar-refractivity contribution >= 4 is 18.0 Å². The molecule has 1 heterocycles. The Labute approximate surface area is 226 Å². The predicted molar refractivity (Wildman–Crippen MR) is 149 cm³/mol. The number of amides is 5. The molecule has 0 spiro atoms. The van der Waals surface area contributed by atoms with Crippen LogP contribution >= 0.6 is 0 Å². The van der Waals surface area contributed by atoms with Gasteiger partial charge in [0.25, 0.3) is 0 Å². The van der Waals surface area contributed by atoms with Gasteiger partial charge in [-0.1, -0.05) is 69.2 Å². The van der Waals surface area contributed by atoms with E-state index in [1.807, 2.05) is 71.0 Å². The smallest absolute Gasteiger partial charge is 0.327 e. The van der Waals surface area contributed by atoms with E-state index in [9.17, 15) is 14.4 Å². The van der Waals surface area contributed by atoms with Gasteiger partial charge in [-0.3, -0.25) is 4.79 Å². The lowest BCUT2D eigenvalue weighted by Crippen LogP contribution is -2.73. The number of ether oxygens (including phenoxy) is 1. The topological polar surface area (TPSA) is 99.8 Å². The first-order valence-electron chi connectivity index (χ1n) is 13.7. The van der Waals surface area contributed by atoms with Crippen molar-refractivity contribution in [1.29, 1.82) is 0 Å². The molecule has 206 valence electrons. The molecular weight excluding hydrogens is 480 g/mol. The minimum Gasteiger partial charge on any atom is -0.469 e. The molecule has 2 aromatic rings. The van der Waals surface area contributed by atoms with Gasteiger partial charge in [-0.25, -0.2) is 14.5 Å². The molecule has 0 saturated carbocycles. The van der Waals surface area contributed by atoms with Crippen LogP contribution in [0.5, 0.6) is 5.75 Å². The number of nitrogens with one attached hydrogen (secondary N) is 3. The lowest BCUT2D eigenvalue weighted by atomic mass is 9.72. The minimum atomic E-state index is -0.753. The highest BCUT2D eigenvalue weighted by Gasteiger charge is 2.63. The van der Waals surface area contributed by atoms with Crippen LogP contribution in [0.4, 0.5) is 9.59 Å². The second kappa shape index (κ2) is 12.8. The summed E-state index contributed by atoms with van der Waals surface area (Å²) in [4.78, 5) is 39.8. The van der Waals surface area contributed by atoms with Crippen LogP contribution in [0.15, 0.2) is 48.5 Å². The summed E-state index contributed by atoms with van der Waals surface area (Å²) in [5.74, 6) is 0.353. The van der Waals surface area contributed by atoms with E-state index in [0.29, 0.717) is 25.1 Å². The second-order valence-electron chi connectivity index (χ2n) is 10.3. The van der Waals surface area contributed by atoms with Gasteiger partial charge in [0, 0.05) is 12.6 Å². The predicted octanol–water partition coefficient (Wildman–Crippen LogP) is 5.81. The van der Waals surface area contributed by atoms with Gasteiger partial charge >= 0.3 is 12.1 Å². The third-order valence-electron chi connectivity index (χ3n) is 7.23. The third kappa shape index (κ3) is 6.47. The van der Waals surface area contributed by atoms with Crippen LogP contribution in [0.3, 0.4) is 0 Å². The highest BCUT2D eigenvalue weighted by Crippen LogP contribution is 2.46. The zero-order valence-electron chi connectivity index (χ0n) is 23.5. The van der Waals surface area contributed by atoms with Crippen molar-refractivity contribution in [3.8, 4) is 5.75 Å². The molecule has 1 saturated heterocycles. The van der Waals surface area contributed by atoms with Crippen LogP contribution in [0.1, 0.15) is 83.0 Å². The number of β-lactam (4-membered cyclic amide) rings is 1. The molecule has 2 atom stereocenters. The summed E-state index contributed by atoms with van der Waals surface area (Å²) in [5.41, 5.74) is 2.32. The molecule has 1 unspecified atom stereocenters. The highest BCUT2D eigenvalue weighted by atomic mass is 16.5. The highest BCUT2D eigenvalue weighted by molar-refractivity contribution is 6.03. The minimum absolute atomic E-state index is 0.0580. The molecule has 1 fully saturated rings. The Hall–Kier alpha value is -3.55. The third-order valence-corrected chi connectivity index (χ3v) is 7.23. The van der Waals surface area contributed by atoms with Gasteiger partial charge in [-0.2, -0.15) is 0 Å².